The summed E-state index contributed by atoms with van der Waals surface area (Å²) in [5.41, 5.74) is 0. The van der Waals surface area contributed by atoms with Crippen LogP contribution in [-0.4, -0.2) is 55.5 Å². The van der Waals surface area contributed by atoms with E-state index in [9.17, 15) is 5.11 Å². The molecule has 0 spiro atoms. The average Bonchev–Trinajstić information content (AvgIpc) is 2.61. The lowest BCUT2D eigenvalue weighted by molar-refractivity contribution is -0.929. The van der Waals surface area contributed by atoms with Gasteiger partial charge < -0.3 is 48.8 Å². The lowest BCUT2D eigenvalue weighted by Gasteiger charge is -2.39. The molecule has 0 radical (unpaired) electrons. The third kappa shape index (κ3) is 20.2. The van der Waals surface area contributed by atoms with Gasteiger partial charge in [-0.2, -0.15) is 0 Å². The molecule has 0 atom stereocenters. The molecule has 0 aliphatic carbocycles. The van der Waals surface area contributed by atoms with Crippen LogP contribution in [0.4, 0.5) is 4.79 Å². The van der Waals surface area contributed by atoms with E-state index in [1.807, 2.05) is 5.32 Å². The number of aliphatic hydroxyl groups excluding tert-OH is 1. The summed E-state index contributed by atoms with van der Waals surface area (Å²) in [6.07, 6.45) is 11.8. The largest absolute Gasteiger partial charge is 1.00 e. The first-order valence-corrected chi connectivity index (χ1v) is 10.4. The quantitative estimate of drug-likeness (QED) is 0.199. The van der Waals surface area contributed by atoms with Gasteiger partial charge in [0.15, 0.2) is 0 Å². The van der Waals surface area contributed by atoms with Crippen LogP contribution in [0, 0.1) is 0 Å². The molecule has 2 N–H and O–H groups in total. The topological polar surface area (TPSA) is 72.4 Å². The summed E-state index contributed by atoms with van der Waals surface area (Å²) in [4.78, 5) is 9.15. The second-order valence-electron chi connectivity index (χ2n) is 6.97. The molecule has 26 heavy (non-hydrogen) atoms. The maximum atomic E-state index is 9.23. The van der Waals surface area contributed by atoms with Gasteiger partial charge in [-0.3, -0.25) is 0 Å². The van der Waals surface area contributed by atoms with Crippen molar-refractivity contribution >= 4 is 6.09 Å². The van der Waals surface area contributed by atoms with Crippen molar-refractivity contribution in [1.82, 2.24) is 5.32 Å². The fraction of sp³-hybridized carbons (Fsp3) is 0.950. The van der Waals surface area contributed by atoms with Crippen molar-refractivity contribution in [1.29, 1.82) is 0 Å². The lowest BCUT2D eigenvalue weighted by atomic mass is 10.1. The normalized spacial score (nSPS) is 10.5. The summed E-state index contributed by atoms with van der Waals surface area (Å²) < 4.78 is 1.28. The number of amides is 1. The molecule has 0 unspecified atom stereocenters. The highest BCUT2D eigenvalue weighted by Gasteiger charge is 2.25. The standard InChI is InChI=1S/C18H40NO.C2H5NO2.HI/c1-4-7-10-14-19(17-13-18-20,15-11-8-5-2)16-12-9-6-3;1-3-2(4)5;/h20H,4-18H2,1-3H3;3H,1H3,(H,4,5);1H/q+1;;/p-2. The van der Waals surface area contributed by atoms with Crippen LogP contribution >= 0.6 is 0 Å². The smallest absolute Gasteiger partial charge is 0.133 e. The monoisotopic (exact) mass is 487 g/mol. The van der Waals surface area contributed by atoms with Crippen molar-refractivity contribution < 1.29 is 43.5 Å². The zero-order valence-corrected chi connectivity index (χ0v) is 19.9. The highest BCUT2D eigenvalue weighted by Crippen LogP contribution is 2.17. The fourth-order valence-corrected chi connectivity index (χ4v) is 3.17. The van der Waals surface area contributed by atoms with Crippen molar-refractivity contribution in [2.24, 2.45) is 0 Å². The molecule has 5 nitrogen and oxygen atoms in total. The first-order valence-electron chi connectivity index (χ1n) is 10.4. The van der Waals surface area contributed by atoms with Crippen molar-refractivity contribution in [3.63, 3.8) is 0 Å². The molecule has 0 fully saturated rings. The van der Waals surface area contributed by atoms with Crippen molar-refractivity contribution in [3.8, 4) is 0 Å². The van der Waals surface area contributed by atoms with Crippen LogP contribution in [0.1, 0.15) is 85.0 Å². The molecule has 1 amide bonds. The van der Waals surface area contributed by atoms with E-state index in [4.69, 9.17) is 9.90 Å². The maximum absolute atomic E-state index is 9.23. The highest BCUT2D eigenvalue weighted by molar-refractivity contribution is 5.61. The number of carbonyl (C=O) groups is 1. The van der Waals surface area contributed by atoms with Gasteiger partial charge in [0.05, 0.1) is 26.2 Å². The van der Waals surface area contributed by atoms with Gasteiger partial charge in [-0.05, 0) is 38.5 Å². The Balaban J connectivity index is -0.000000772. The number of unbranched alkanes of at least 4 members (excludes halogenated alkanes) is 6. The molecule has 0 saturated carbocycles. The minimum Gasteiger partial charge on any atom is -1.00 e. The first-order chi connectivity index (χ1) is 12.0. The summed E-state index contributed by atoms with van der Waals surface area (Å²) in [7, 11) is 1.29. The summed E-state index contributed by atoms with van der Waals surface area (Å²) in [5.74, 6) is 0. The molecule has 0 aromatic rings. The van der Waals surface area contributed by atoms with Gasteiger partial charge in [0.25, 0.3) is 0 Å². The van der Waals surface area contributed by atoms with E-state index in [1.165, 1.54) is 95.5 Å². The van der Waals surface area contributed by atoms with E-state index in [1.54, 1.807) is 0 Å². The summed E-state index contributed by atoms with van der Waals surface area (Å²) >= 11 is 0. The van der Waals surface area contributed by atoms with Crippen LogP contribution in [0.3, 0.4) is 0 Å². The molecule has 6 heteroatoms. The highest BCUT2D eigenvalue weighted by atomic mass is 127. The zero-order valence-electron chi connectivity index (χ0n) is 17.7. The number of carbonyl (C=O) groups excluding carboxylic acids is 1. The number of nitrogens with one attached hydrogen (secondary N) is 1. The third-order valence-electron chi connectivity index (χ3n) is 4.70. The molecular formula is C20H44IN2O3-. The Morgan fingerprint density at radius 2 is 1.12 bits per heavy atom. The van der Waals surface area contributed by atoms with E-state index < -0.39 is 6.09 Å². The Morgan fingerprint density at radius 1 is 0.808 bits per heavy atom. The number of rotatable bonds is 15. The summed E-state index contributed by atoms with van der Waals surface area (Å²) in [6.45, 7) is 12.4. The van der Waals surface area contributed by atoms with E-state index >= 15 is 0 Å². The summed E-state index contributed by atoms with van der Waals surface area (Å²) in [6, 6.07) is 0. The number of carboxylic acid groups (broad SMARTS) is 1. The number of hydrogen-bond acceptors (Lipinski definition) is 3. The van der Waals surface area contributed by atoms with Gasteiger partial charge in [0.2, 0.25) is 0 Å². The molecule has 0 heterocycles. The van der Waals surface area contributed by atoms with Crippen LogP contribution in [0.5, 0.6) is 0 Å². The number of hydrogen-bond donors (Lipinski definition) is 2. The molecular weight excluding hydrogens is 443 g/mol. The fourth-order valence-electron chi connectivity index (χ4n) is 3.17. The van der Waals surface area contributed by atoms with Crippen LogP contribution in [0.25, 0.3) is 0 Å². The molecule has 0 aromatic carbocycles. The molecule has 160 valence electrons. The van der Waals surface area contributed by atoms with Crippen molar-refractivity contribution in [2.45, 2.75) is 85.0 Å². The van der Waals surface area contributed by atoms with Crippen LogP contribution < -0.4 is 34.4 Å². The van der Waals surface area contributed by atoms with Crippen LogP contribution in [0.15, 0.2) is 0 Å². The van der Waals surface area contributed by atoms with Crippen LogP contribution in [0.2, 0.25) is 0 Å². The van der Waals surface area contributed by atoms with E-state index in [2.05, 4.69) is 20.8 Å². The SMILES string of the molecule is CCCCC[N+](CCCO)(CCCCC)CCCCC.CNC(=O)[O-].[I-]. The second kappa shape index (κ2) is 23.0. The van der Waals surface area contributed by atoms with E-state index in [0.717, 1.165) is 6.42 Å². The number of aliphatic hydroxyl groups is 1. The van der Waals surface area contributed by atoms with Gasteiger partial charge in [-0.15, -0.1) is 0 Å². The van der Waals surface area contributed by atoms with Crippen LogP contribution in [-0.2, 0) is 0 Å². The number of nitrogens with zero attached hydrogens (tertiary/aromatic N) is 1. The Kier molecular flexibility index (Phi) is 27.1. The van der Waals surface area contributed by atoms with Gasteiger partial charge in [-0.25, -0.2) is 0 Å². The minimum absolute atomic E-state index is 0. The Bertz CT molecular complexity index is 266. The van der Waals surface area contributed by atoms with E-state index in [-0.39, 0.29) is 24.0 Å². The molecule has 0 saturated heterocycles. The number of halogens is 1. The molecule has 0 aliphatic heterocycles. The Hall–Kier alpha value is -0.0800. The third-order valence-corrected chi connectivity index (χ3v) is 4.70. The molecule has 0 bridgehead atoms. The minimum atomic E-state index is -1.25. The van der Waals surface area contributed by atoms with Gasteiger partial charge >= 0.3 is 0 Å². The number of quaternary nitrogens is 1. The zero-order chi connectivity index (χ0) is 19.4. The van der Waals surface area contributed by atoms with E-state index in [0.29, 0.717) is 6.61 Å². The summed E-state index contributed by atoms with van der Waals surface area (Å²) in [5, 5.41) is 20.2. The van der Waals surface area contributed by atoms with Crippen molar-refractivity contribution in [3.05, 3.63) is 0 Å². The average molecular weight is 487 g/mol. The molecule has 0 rings (SSSR count). The Morgan fingerprint density at radius 3 is 1.35 bits per heavy atom. The van der Waals surface area contributed by atoms with Crippen molar-refractivity contribution in [2.75, 3.05) is 39.8 Å². The predicted molar refractivity (Wildman–Crippen MR) is 104 cm³/mol. The predicted octanol–water partition coefficient (Wildman–Crippen LogP) is 0.309. The first kappa shape index (κ1) is 30.6. The van der Waals surface area contributed by atoms with Gasteiger partial charge in [0, 0.05) is 20.1 Å². The molecule has 0 aromatic heterocycles. The lowest BCUT2D eigenvalue weighted by Crippen LogP contribution is -3.00. The maximum Gasteiger partial charge on any atom is 0.133 e. The molecule has 0 aliphatic rings. The van der Waals surface area contributed by atoms with Gasteiger partial charge in [0.1, 0.15) is 6.09 Å². The second-order valence-corrected chi connectivity index (χ2v) is 6.97. The van der Waals surface area contributed by atoms with Gasteiger partial charge in [-0.1, -0.05) is 40.0 Å². The Labute approximate surface area is 179 Å².